The van der Waals surface area contributed by atoms with Gasteiger partial charge in [-0.3, -0.25) is 9.36 Å². The summed E-state index contributed by atoms with van der Waals surface area (Å²) < 4.78 is 7.78. The number of rotatable bonds is 6. The van der Waals surface area contributed by atoms with Crippen LogP contribution in [0.4, 0.5) is 5.69 Å². The number of nitrogens with zero attached hydrogens (tertiary/aromatic N) is 2. The number of carboxylic acid groups (broad SMARTS) is 1. The van der Waals surface area contributed by atoms with E-state index in [1.54, 1.807) is 0 Å². The molecule has 1 atom stereocenters. The predicted molar refractivity (Wildman–Crippen MR) is 130 cm³/mol. The van der Waals surface area contributed by atoms with Gasteiger partial charge in [0.25, 0.3) is 0 Å². The number of carbonyl (C=O) groups is 1. The molecule has 0 aliphatic carbocycles. The number of anilines is 1. The van der Waals surface area contributed by atoms with Crippen LogP contribution < -0.4 is 10.1 Å². The lowest BCUT2D eigenvalue weighted by atomic mass is 10.0. The summed E-state index contributed by atoms with van der Waals surface area (Å²) in [6, 6.07) is 17.7. The molecule has 7 heteroatoms. The van der Waals surface area contributed by atoms with E-state index in [0.717, 1.165) is 51.3 Å². The van der Waals surface area contributed by atoms with Crippen molar-refractivity contribution in [2.24, 2.45) is 0 Å². The Balaban J connectivity index is 1.45. The third-order valence-corrected chi connectivity index (χ3v) is 6.47. The van der Waals surface area contributed by atoms with Crippen molar-refractivity contribution < 1.29 is 14.6 Å². The summed E-state index contributed by atoms with van der Waals surface area (Å²) in [6.45, 7) is 5.02. The van der Waals surface area contributed by atoms with Gasteiger partial charge in [0.05, 0.1) is 16.7 Å². The predicted octanol–water partition coefficient (Wildman–Crippen LogP) is 5.72. The van der Waals surface area contributed by atoms with E-state index in [1.165, 1.54) is 0 Å². The number of imidazole rings is 1. The first-order valence-electron chi connectivity index (χ1n) is 11.0. The van der Waals surface area contributed by atoms with Crippen molar-refractivity contribution in [3.63, 3.8) is 0 Å². The largest absolute Gasteiger partial charge is 0.492 e. The molecule has 5 rings (SSSR count). The van der Waals surface area contributed by atoms with E-state index in [1.807, 2.05) is 36.4 Å². The van der Waals surface area contributed by atoms with Crippen molar-refractivity contribution >= 4 is 34.3 Å². The second-order valence-electron chi connectivity index (χ2n) is 8.22. The molecule has 33 heavy (non-hydrogen) atoms. The van der Waals surface area contributed by atoms with Crippen LogP contribution in [0.2, 0.25) is 5.02 Å². The molecule has 1 aliphatic rings. The molecule has 0 amide bonds. The number of nitrogens with one attached hydrogen (secondary N) is 1. The second-order valence-corrected chi connectivity index (χ2v) is 8.66. The maximum atomic E-state index is 11.4. The molecule has 1 unspecified atom stereocenters. The maximum Gasteiger partial charge on any atom is 0.314 e. The lowest BCUT2D eigenvalue weighted by Gasteiger charge is -2.16. The smallest absolute Gasteiger partial charge is 0.314 e. The molecule has 0 fully saturated rings. The monoisotopic (exact) mass is 461 g/mol. The van der Waals surface area contributed by atoms with E-state index in [2.05, 4.69) is 41.9 Å². The standard InChI is InChI=1S/C26H24ClN3O3/c1-3-25-29-21-10-7-17(27)11-23(21)30(25)22-6-4-5-16(15(22)2)13-28-18-8-9-19-20(26(31)32)14-33-24(19)12-18/h4-12,20,28H,3,13-14H2,1-2H3,(H,31,32). The summed E-state index contributed by atoms with van der Waals surface area (Å²) >= 11 is 6.29. The molecular formula is C26H24ClN3O3. The number of halogens is 1. The number of aliphatic carboxylic acids is 1. The highest BCUT2D eigenvalue weighted by atomic mass is 35.5. The van der Waals surface area contributed by atoms with Crippen molar-refractivity contribution in [2.75, 3.05) is 11.9 Å². The zero-order valence-electron chi connectivity index (χ0n) is 18.4. The summed E-state index contributed by atoms with van der Waals surface area (Å²) in [5.41, 5.74) is 6.93. The molecule has 2 heterocycles. The molecular weight excluding hydrogens is 438 g/mol. The molecule has 0 saturated carbocycles. The van der Waals surface area contributed by atoms with Gasteiger partial charge < -0.3 is 15.2 Å². The fourth-order valence-corrected chi connectivity index (χ4v) is 4.60. The average molecular weight is 462 g/mol. The quantitative estimate of drug-likeness (QED) is 0.384. The maximum absolute atomic E-state index is 11.4. The van der Waals surface area contributed by atoms with Crippen LogP contribution in [0.1, 0.15) is 35.4 Å². The van der Waals surface area contributed by atoms with Gasteiger partial charge >= 0.3 is 5.97 Å². The highest BCUT2D eigenvalue weighted by Gasteiger charge is 2.30. The van der Waals surface area contributed by atoms with E-state index in [4.69, 9.17) is 21.3 Å². The minimum Gasteiger partial charge on any atom is -0.492 e. The van der Waals surface area contributed by atoms with Gasteiger partial charge in [-0.1, -0.05) is 36.7 Å². The lowest BCUT2D eigenvalue weighted by Crippen LogP contribution is -2.12. The second kappa shape index (κ2) is 8.45. The fraction of sp³-hybridized carbons (Fsp3) is 0.231. The van der Waals surface area contributed by atoms with Crippen molar-refractivity contribution in [2.45, 2.75) is 32.7 Å². The molecule has 168 valence electrons. The average Bonchev–Trinajstić information content (AvgIpc) is 3.39. The van der Waals surface area contributed by atoms with E-state index >= 15 is 0 Å². The number of carboxylic acids is 1. The SMILES string of the molecule is CCc1nc2ccc(Cl)cc2n1-c1cccc(CNc2ccc3c(c2)OCC3C(=O)O)c1C. The number of fused-ring (bicyclic) bond motifs is 2. The molecule has 0 spiro atoms. The first-order valence-corrected chi connectivity index (χ1v) is 11.3. The highest BCUT2D eigenvalue weighted by molar-refractivity contribution is 6.31. The molecule has 1 aromatic heterocycles. The van der Waals surface area contributed by atoms with Crippen molar-refractivity contribution in [1.29, 1.82) is 0 Å². The van der Waals surface area contributed by atoms with Crippen molar-refractivity contribution in [1.82, 2.24) is 9.55 Å². The summed E-state index contributed by atoms with van der Waals surface area (Å²) in [5, 5.41) is 13.5. The van der Waals surface area contributed by atoms with E-state index in [0.29, 0.717) is 17.3 Å². The van der Waals surface area contributed by atoms with Gasteiger partial charge in [-0.05, 0) is 48.4 Å². The van der Waals surface area contributed by atoms with Gasteiger partial charge in [-0.25, -0.2) is 4.98 Å². The Hall–Kier alpha value is -3.51. The summed E-state index contributed by atoms with van der Waals surface area (Å²) in [7, 11) is 0. The number of aromatic nitrogens is 2. The fourth-order valence-electron chi connectivity index (χ4n) is 4.43. The van der Waals surface area contributed by atoms with E-state index in [-0.39, 0.29) is 6.61 Å². The number of hydrogen-bond donors (Lipinski definition) is 2. The number of aryl methyl sites for hydroxylation is 1. The van der Waals surface area contributed by atoms with Gasteiger partial charge in [0.1, 0.15) is 24.1 Å². The Kier molecular flexibility index (Phi) is 5.46. The Morgan fingerprint density at radius 3 is 2.88 bits per heavy atom. The molecule has 3 aromatic carbocycles. The minimum absolute atomic E-state index is 0.178. The number of ether oxygens (including phenoxy) is 1. The van der Waals surface area contributed by atoms with Crippen LogP contribution in [0.3, 0.4) is 0 Å². The van der Waals surface area contributed by atoms with Crippen molar-refractivity contribution in [3.8, 4) is 11.4 Å². The summed E-state index contributed by atoms with van der Waals surface area (Å²) in [5.74, 6) is 0.164. The Bertz CT molecular complexity index is 1380. The molecule has 0 radical (unpaired) electrons. The van der Waals surface area contributed by atoms with Gasteiger partial charge in [-0.2, -0.15) is 0 Å². The Morgan fingerprint density at radius 2 is 2.09 bits per heavy atom. The highest BCUT2D eigenvalue weighted by Crippen LogP contribution is 2.36. The molecule has 0 bridgehead atoms. The van der Waals surface area contributed by atoms with Crippen LogP contribution in [0, 0.1) is 6.92 Å². The van der Waals surface area contributed by atoms with Crippen LogP contribution >= 0.6 is 11.6 Å². The van der Waals surface area contributed by atoms with Crippen LogP contribution in [-0.4, -0.2) is 27.2 Å². The molecule has 4 aromatic rings. The van der Waals surface area contributed by atoms with Gasteiger partial charge in [-0.15, -0.1) is 0 Å². The van der Waals surface area contributed by atoms with Gasteiger partial charge in [0, 0.05) is 35.3 Å². The van der Waals surface area contributed by atoms with E-state index in [9.17, 15) is 9.90 Å². The number of hydrogen-bond acceptors (Lipinski definition) is 4. The molecule has 2 N–H and O–H groups in total. The first kappa shape index (κ1) is 21.3. The minimum atomic E-state index is -0.860. The number of benzene rings is 3. The molecule has 6 nitrogen and oxygen atoms in total. The first-order chi connectivity index (χ1) is 16.0. The van der Waals surface area contributed by atoms with Crippen molar-refractivity contribution in [3.05, 3.63) is 82.1 Å². The lowest BCUT2D eigenvalue weighted by molar-refractivity contribution is -0.138. The van der Waals surface area contributed by atoms with E-state index < -0.39 is 11.9 Å². The Labute approximate surface area is 196 Å². The molecule has 0 saturated heterocycles. The third kappa shape index (κ3) is 3.80. The summed E-state index contributed by atoms with van der Waals surface area (Å²) in [4.78, 5) is 16.2. The van der Waals surface area contributed by atoms with Gasteiger partial charge in [0.15, 0.2) is 0 Å². The van der Waals surface area contributed by atoms with Crippen LogP contribution in [0.25, 0.3) is 16.7 Å². The zero-order chi connectivity index (χ0) is 23.1. The normalized spacial score (nSPS) is 14.8. The topological polar surface area (TPSA) is 76.4 Å². The van der Waals surface area contributed by atoms with Crippen LogP contribution in [0.5, 0.6) is 5.75 Å². The van der Waals surface area contributed by atoms with Crippen LogP contribution in [-0.2, 0) is 17.8 Å². The third-order valence-electron chi connectivity index (χ3n) is 6.24. The Morgan fingerprint density at radius 1 is 1.24 bits per heavy atom. The zero-order valence-corrected chi connectivity index (χ0v) is 19.2. The van der Waals surface area contributed by atoms with Gasteiger partial charge in [0.2, 0.25) is 0 Å². The summed E-state index contributed by atoms with van der Waals surface area (Å²) in [6.07, 6.45) is 0.806. The van der Waals surface area contributed by atoms with Crippen LogP contribution in [0.15, 0.2) is 54.6 Å². The molecule has 1 aliphatic heterocycles.